The molecule has 1 fully saturated rings. The molecule has 1 aromatic heterocycles. The van der Waals surface area contributed by atoms with Crippen molar-refractivity contribution in [2.24, 2.45) is 5.92 Å². The Kier molecular flexibility index (Phi) is 5.19. The van der Waals surface area contributed by atoms with Gasteiger partial charge in [-0.05, 0) is 45.1 Å². The van der Waals surface area contributed by atoms with Crippen LogP contribution in [0.1, 0.15) is 25.7 Å². The van der Waals surface area contributed by atoms with Gasteiger partial charge in [0.05, 0.1) is 10.2 Å². The molecule has 0 N–H and O–H groups in total. The predicted octanol–water partition coefficient (Wildman–Crippen LogP) is 4.03. The second-order valence-electron chi connectivity index (χ2n) is 6.38. The van der Waals surface area contributed by atoms with Crippen LogP contribution < -0.4 is 4.90 Å². The Morgan fingerprint density at radius 3 is 2.74 bits per heavy atom. The second-order valence-corrected chi connectivity index (χ2v) is 7.83. The third-order valence-corrected chi connectivity index (χ3v) is 5.59. The Bertz CT molecular complexity index is 694. The Balaban J connectivity index is 1.89. The lowest BCUT2D eigenvalue weighted by molar-refractivity contribution is -0.122. The van der Waals surface area contributed by atoms with Crippen LogP contribution >= 0.6 is 22.9 Å². The van der Waals surface area contributed by atoms with Crippen molar-refractivity contribution in [1.82, 2.24) is 9.88 Å². The number of thiazole rings is 1. The molecule has 1 aliphatic rings. The Morgan fingerprint density at radius 2 is 2.04 bits per heavy atom. The molecule has 3 rings (SSSR count). The van der Waals surface area contributed by atoms with E-state index < -0.39 is 0 Å². The van der Waals surface area contributed by atoms with E-state index in [2.05, 4.69) is 9.88 Å². The fraction of sp³-hybridized carbons (Fsp3) is 0.529. The van der Waals surface area contributed by atoms with Gasteiger partial charge in [0, 0.05) is 24.0 Å². The fourth-order valence-corrected chi connectivity index (χ4v) is 4.27. The van der Waals surface area contributed by atoms with Crippen LogP contribution in [0, 0.1) is 5.92 Å². The maximum absolute atomic E-state index is 13.0. The highest BCUT2D eigenvalue weighted by molar-refractivity contribution is 7.22. The summed E-state index contributed by atoms with van der Waals surface area (Å²) in [6.07, 6.45) is 4.34. The number of hydrogen-bond donors (Lipinski definition) is 0. The van der Waals surface area contributed by atoms with E-state index in [0.717, 1.165) is 47.6 Å². The number of benzene rings is 1. The van der Waals surface area contributed by atoms with Crippen molar-refractivity contribution in [3.05, 3.63) is 23.2 Å². The van der Waals surface area contributed by atoms with Crippen molar-refractivity contribution in [1.29, 1.82) is 0 Å². The van der Waals surface area contributed by atoms with Crippen LogP contribution in [0.2, 0.25) is 5.02 Å². The van der Waals surface area contributed by atoms with Gasteiger partial charge in [0.15, 0.2) is 5.13 Å². The summed E-state index contributed by atoms with van der Waals surface area (Å²) in [7, 11) is 4.05. The normalized spacial score (nSPS) is 15.7. The van der Waals surface area contributed by atoms with E-state index >= 15 is 0 Å². The lowest BCUT2D eigenvalue weighted by Crippen LogP contribution is -2.39. The number of halogens is 1. The molecular formula is C17H22ClN3OS. The highest BCUT2D eigenvalue weighted by Gasteiger charge is 2.29. The maximum Gasteiger partial charge on any atom is 0.231 e. The molecule has 2 aromatic rings. The first-order valence-corrected chi connectivity index (χ1v) is 9.26. The van der Waals surface area contributed by atoms with Gasteiger partial charge in [-0.25, -0.2) is 4.98 Å². The molecule has 6 heteroatoms. The van der Waals surface area contributed by atoms with Crippen molar-refractivity contribution in [2.45, 2.75) is 25.7 Å². The molecule has 0 aliphatic heterocycles. The molecule has 1 aliphatic carbocycles. The molecular weight excluding hydrogens is 330 g/mol. The van der Waals surface area contributed by atoms with Gasteiger partial charge in [-0.15, -0.1) is 0 Å². The van der Waals surface area contributed by atoms with Gasteiger partial charge in [0.1, 0.15) is 0 Å². The quantitative estimate of drug-likeness (QED) is 0.815. The minimum Gasteiger partial charge on any atom is -0.308 e. The minimum absolute atomic E-state index is 0.160. The van der Waals surface area contributed by atoms with Crippen LogP contribution in [0.3, 0.4) is 0 Å². The van der Waals surface area contributed by atoms with Gasteiger partial charge in [-0.3, -0.25) is 9.69 Å². The standard InChI is InChI=1S/C17H22ClN3OS/c1-20(2)9-10-21(16(22)12-5-3-4-6-12)17-19-14-8-7-13(18)11-15(14)23-17/h7-8,11-12H,3-6,9-10H2,1-2H3. The molecule has 0 saturated heterocycles. The number of likely N-dealkylation sites (N-methyl/N-ethyl adjacent to an activating group) is 1. The summed E-state index contributed by atoms with van der Waals surface area (Å²) in [5, 5.41) is 1.50. The Morgan fingerprint density at radius 1 is 1.30 bits per heavy atom. The first-order valence-electron chi connectivity index (χ1n) is 8.07. The molecule has 0 bridgehead atoms. The van der Waals surface area contributed by atoms with Crippen LogP contribution in [-0.2, 0) is 4.79 Å². The van der Waals surface area contributed by atoms with Gasteiger partial charge in [0.25, 0.3) is 0 Å². The lowest BCUT2D eigenvalue weighted by Gasteiger charge is -2.24. The molecule has 1 saturated carbocycles. The van der Waals surface area contributed by atoms with Crippen LogP contribution in [0.4, 0.5) is 5.13 Å². The van der Waals surface area contributed by atoms with Crippen molar-refractivity contribution in [3.63, 3.8) is 0 Å². The summed E-state index contributed by atoms with van der Waals surface area (Å²) in [5.41, 5.74) is 0.906. The Hall–Kier alpha value is -1.17. The third-order valence-electron chi connectivity index (χ3n) is 4.31. The van der Waals surface area contributed by atoms with Gasteiger partial charge in [-0.1, -0.05) is 35.8 Å². The number of aromatic nitrogens is 1. The van der Waals surface area contributed by atoms with E-state index in [-0.39, 0.29) is 11.8 Å². The zero-order valence-electron chi connectivity index (χ0n) is 13.6. The van der Waals surface area contributed by atoms with Gasteiger partial charge < -0.3 is 4.90 Å². The molecule has 1 amide bonds. The summed E-state index contributed by atoms with van der Waals surface area (Å²) < 4.78 is 1.03. The summed E-state index contributed by atoms with van der Waals surface area (Å²) in [6, 6.07) is 5.68. The first kappa shape index (κ1) is 16.7. The molecule has 1 aromatic carbocycles. The number of carbonyl (C=O) groups is 1. The van der Waals surface area contributed by atoms with Crippen molar-refractivity contribution < 1.29 is 4.79 Å². The van der Waals surface area contributed by atoms with Gasteiger partial charge in [-0.2, -0.15) is 0 Å². The highest BCUT2D eigenvalue weighted by atomic mass is 35.5. The van der Waals surface area contributed by atoms with Gasteiger partial charge >= 0.3 is 0 Å². The maximum atomic E-state index is 13.0. The molecule has 4 nitrogen and oxygen atoms in total. The largest absolute Gasteiger partial charge is 0.308 e. The van der Waals surface area contributed by atoms with E-state index in [1.165, 1.54) is 0 Å². The first-order chi connectivity index (χ1) is 11.0. The third kappa shape index (κ3) is 3.84. The van der Waals surface area contributed by atoms with E-state index in [1.54, 1.807) is 11.3 Å². The molecule has 0 unspecified atom stereocenters. The van der Waals surface area contributed by atoms with Crippen molar-refractivity contribution in [3.8, 4) is 0 Å². The zero-order valence-corrected chi connectivity index (χ0v) is 15.2. The number of amides is 1. The number of fused-ring (bicyclic) bond motifs is 1. The Labute approximate surface area is 146 Å². The van der Waals surface area contributed by atoms with Crippen molar-refractivity contribution in [2.75, 3.05) is 32.1 Å². The van der Waals surface area contributed by atoms with Crippen LogP contribution in [-0.4, -0.2) is 43.0 Å². The average Bonchev–Trinajstić information content (AvgIpc) is 3.15. The summed E-state index contributed by atoms with van der Waals surface area (Å²) >= 11 is 7.62. The van der Waals surface area contributed by atoms with E-state index in [1.807, 2.05) is 37.2 Å². The molecule has 0 atom stereocenters. The predicted molar refractivity (Wildman–Crippen MR) is 97.5 cm³/mol. The number of nitrogens with zero attached hydrogens (tertiary/aromatic N) is 3. The smallest absolute Gasteiger partial charge is 0.231 e. The number of hydrogen-bond acceptors (Lipinski definition) is 4. The number of anilines is 1. The number of carbonyl (C=O) groups excluding carboxylic acids is 1. The molecule has 1 heterocycles. The molecule has 124 valence electrons. The van der Waals surface area contributed by atoms with Crippen LogP contribution in [0.25, 0.3) is 10.2 Å². The summed E-state index contributed by atoms with van der Waals surface area (Å²) in [6.45, 7) is 1.50. The van der Waals surface area contributed by atoms with Gasteiger partial charge in [0.2, 0.25) is 5.91 Å². The SMILES string of the molecule is CN(C)CCN(C(=O)C1CCCC1)c1nc2ccc(Cl)cc2s1. The monoisotopic (exact) mass is 351 g/mol. The number of rotatable bonds is 5. The van der Waals surface area contributed by atoms with E-state index in [0.29, 0.717) is 11.6 Å². The lowest BCUT2D eigenvalue weighted by atomic mass is 10.1. The van der Waals surface area contributed by atoms with E-state index in [4.69, 9.17) is 11.6 Å². The van der Waals surface area contributed by atoms with Crippen molar-refractivity contribution >= 4 is 44.2 Å². The fourth-order valence-electron chi connectivity index (χ4n) is 2.99. The zero-order chi connectivity index (χ0) is 16.4. The molecule has 0 radical (unpaired) electrons. The second kappa shape index (κ2) is 7.16. The topological polar surface area (TPSA) is 36.4 Å². The molecule has 23 heavy (non-hydrogen) atoms. The summed E-state index contributed by atoms with van der Waals surface area (Å²) in [4.78, 5) is 21.6. The van der Waals surface area contributed by atoms with Crippen LogP contribution in [0.5, 0.6) is 0 Å². The van der Waals surface area contributed by atoms with E-state index in [9.17, 15) is 4.79 Å². The highest BCUT2D eigenvalue weighted by Crippen LogP contribution is 2.33. The average molecular weight is 352 g/mol. The van der Waals surface area contributed by atoms with Crippen LogP contribution in [0.15, 0.2) is 18.2 Å². The summed E-state index contributed by atoms with van der Waals surface area (Å²) in [5.74, 6) is 0.391. The molecule has 0 spiro atoms. The minimum atomic E-state index is 0.160.